The van der Waals surface area contributed by atoms with Gasteiger partial charge in [0.1, 0.15) is 0 Å². The monoisotopic (exact) mass is 605 g/mol. The van der Waals surface area contributed by atoms with Gasteiger partial charge in [-0.05, 0) is 77.2 Å². The van der Waals surface area contributed by atoms with Gasteiger partial charge in [0.25, 0.3) is 5.91 Å². The van der Waals surface area contributed by atoms with Gasteiger partial charge in [0.15, 0.2) is 11.0 Å². The number of amides is 2. The number of hydrogen-bond donors (Lipinski definition) is 2. The van der Waals surface area contributed by atoms with Crippen LogP contribution in [-0.2, 0) is 11.3 Å². The Bertz CT molecular complexity index is 1160. The average Bonchev–Trinajstić information content (AvgIpc) is 3.24. The molecule has 0 aliphatic carbocycles. The molecule has 2 N–H and O–H groups in total. The zero-order valence-corrected chi connectivity index (χ0v) is 23.7. The normalized spacial score (nSPS) is 12.1. The smallest absolute Gasteiger partial charge is 0.251 e. The van der Waals surface area contributed by atoms with E-state index in [0.717, 1.165) is 14.8 Å². The van der Waals surface area contributed by atoms with Crippen LogP contribution in [0.3, 0.4) is 0 Å². The van der Waals surface area contributed by atoms with Crippen molar-refractivity contribution in [3.63, 3.8) is 0 Å². The molecule has 3 rings (SSSR count). The van der Waals surface area contributed by atoms with Crippen molar-refractivity contribution in [1.29, 1.82) is 0 Å². The lowest BCUT2D eigenvalue weighted by molar-refractivity contribution is -0.113. The number of carbonyl (C=O) groups excluding carboxylic acids is 2. The molecular formula is C26H32IN5O2S. The molecule has 0 radical (unpaired) electrons. The van der Waals surface area contributed by atoms with E-state index in [1.165, 1.54) is 11.8 Å². The third kappa shape index (κ3) is 7.07. The number of anilines is 1. The van der Waals surface area contributed by atoms with Gasteiger partial charge in [0.2, 0.25) is 5.91 Å². The molecule has 1 heterocycles. The zero-order valence-electron chi connectivity index (χ0n) is 20.7. The van der Waals surface area contributed by atoms with Gasteiger partial charge in [-0.15, -0.1) is 10.2 Å². The van der Waals surface area contributed by atoms with Gasteiger partial charge >= 0.3 is 0 Å². The first-order chi connectivity index (χ1) is 16.7. The molecule has 2 amide bonds. The van der Waals surface area contributed by atoms with Gasteiger partial charge in [-0.25, -0.2) is 0 Å². The summed E-state index contributed by atoms with van der Waals surface area (Å²) in [7, 11) is 0. The predicted molar refractivity (Wildman–Crippen MR) is 150 cm³/mol. The van der Waals surface area contributed by atoms with E-state index in [0.29, 0.717) is 29.0 Å². The van der Waals surface area contributed by atoms with E-state index in [2.05, 4.69) is 63.3 Å². The first-order valence-corrected chi connectivity index (χ1v) is 13.8. The van der Waals surface area contributed by atoms with Crippen molar-refractivity contribution in [3.05, 3.63) is 69.1 Å². The molecule has 0 spiro atoms. The van der Waals surface area contributed by atoms with Crippen molar-refractivity contribution in [2.45, 2.75) is 58.3 Å². The Kier molecular flexibility index (Phi) is 9.73. The lowest BCUT2D eigenvalue weighted by Crippen LogP contribution is -2.33. The number of carbonyl (C=O) groups is 2. The molecule has 0 fully saturated rings. The summed E-state index contributed by atoms with van der Waals surface area (Å²) in [6.07, 6.45) is 0. The number of thioether (sulfide) groups is 1. The van der Waals surface area contributed by atoms with E-state index in [4.69, 9.17) is 0 Å². The Hall–Kier alpha value is -2.40. The number of aromatic nitrogens is 3. The molecule has 1 atom stereocenters. The standard InChI is InChI=1S/C26H32IN5O2S/c1-6-32-24(23(17(4)5)29-25(34)18-10-8-7-9-11-18)30-31-26(32)35-15-22(33)28-21-13-12-19(27)14-20(21)16(2)3/h7-14,16-17,23H,6,15H2,1-5H3,(H,28,33)(H,29,34)/t23-/m1/s1. The fraction of sp³-hybridized carbons (Fsp3) is 0.385. The fourth-order valence-electron chi connectivity index (χ4n) is 3.72. The number of halogens is 1. The summed E-state index contributed by atoms with van der Waals surface area (Å²) in [6, 6.07) is 14.9. The van der Waals surface area contributed by atoms with E-state index in [1.54, 1.807) is 12.1 Å². The van der Waals surface area contributed by atoms with Crippen LogP contribution in [0.25, 0.3) is 0 Å². The quantitative estimate of drug-likeness (QED) is 0.223. The number of nitrogens with zero attached hydrogens (tertiary/aromatic N) is 3. The van der Waals surface area contributed by atoms with Crippen LogP contribution in [0.2, 0.25) is 0 Å². The van der Waals surface area contributed by atoms with Crippen molar-refractivity contribution < 1.29 is 9.59 Å². The molecule has 35 heavy (non-hydrogen) atoms. The third-order valence-corrected chi connectivity index (χ3v) is 7.21. The van der Waals surface area contributed by atoms with E-state index >= 15 is 0 Å². The number of rotatable bonds is 10. The molecule has 0 saturated carbocycles. The first kappa shape index (κ1) is 27.2. The zero-order chi connectivity index (χ0) is 25.5. The predicted octanol–water partition coefficient (Wildman–Crippen LogP) is 5.88. The minimum absolute atomic E-state index is 0.0944. The maximum atomic E-state index is 12.8. The van der Waals surface area contributed by atoms with Crippen molar-refractivity contribution >= 4 is 51.9 Å². The van der Waals surface area contributed by atoms with E-state index in [9.17, 15) is 9.59 Å². The SMILES string of the molecule is CCn1c(SCC(=O)Nc2ccc(I)cc2C(C)C)nnc1[C@H](NC(=O)c1ccccc1)C(C)C. The molecule has 2 aromatic carbocycles. The molecule has 1 aromatic heterocycles. The Morgan fingerprint density at radius 3 is 2.40 bits per heavy atom. The summed E-state index contributed by atoms with van der Waals surface area (Å²) in [5, 5.41) is 15.6. The van der Waals surface area contributed by atoms with Crippen LogP contribution < -0.4 is 10.6 Å². The lowest BCUT2D eigenvalue weighted by atomic mass is 10.0. The number of nitrogens with one attached hydrogen (secondary N) is 2. The van der Waals surface area contributed by atoms with Gasteiger partial charge < -0.3 is 15.2 Å². The van der Waals surface area contributed by atoms with E-state index in [-0.39, 0.29) is 29.5 Å². The van der Waals surface area contributed by atoms with Crippen LogP contribution in [0.15, 0.2) is 53.7 Å². The van der Waals surface area contributed by atoms with Crippen LogP contribution in [0.5, 0.6) is 0 Å². The second kappa shape index (κ2) is 12.5. The topological polar surface area (TPSA) is 88.9 Å². The van der Waals surface area contributed by atoms with Crippen LogP contribution >= 0.6 is 34.4 Å². The van der Waals surface area contributed by atoms with Gasteiger partial charge in [-0.1, -0.05) is 57.7 Å². The van der Waals surface area contributed by atoms with Crippen molar-refractivity contribution in [1.82, 2.24) is 20.1 Å². The minimum Gasteiger partial charge on any atom is -0.342 e. The Balaban J connectivity index is 1.72. The largest absolute Gasteiger partial charge is 0.342 e. The highest BCUT2D eigenvalue weighted by molar-refractivity contribution is 14.1. The van der Waals surface area contributed by atoms with Crippen LogP contribution in [0, 0.1) is 9.49 Å². The highest BCUT2D eigenvalue weighted by Gasteiger charge is 2.26. The molecule has 3 aromatic rings. The third-order valence-electron chi connectivity index (χ3n) is 5.57. The molecule has 0 unspecified atom stereocenters. The summed E-state index contributed by atoms with van der Waals surface area (Å²) in [5.74, 6) is 1.07. The molecule has 7 nitrogen and oxygen atoms in total. The highest BCUT2D eigenvalue weighted by Crippen LogP contribution is 2.28. The molecule has 9 heteroatoms. The fourth-order valence-corrected chi connectivity index (χ4v) is 5.04. The van der Waals surface area contributed by atoms with Crippen LogP contribution in [0.4, 0.5) is 5.69 Å². The van der Waals surface area contributed by atoms with Crippen LogP contribution in [0.1, 0.15) is 68.3 Å². The van der Waals surface area contributed by atoms with E-state index < -0.39 is 0 Å². The highest BCUT2D eigenvalue weighted by atomic mass is 127. The molecular weight excluding hydrogens is 573 g/mol. The molecule has 0 aliphatic rings. The Morgan fingerprint density at radius 2 is 1.77 bits per heavy atom. The number of hydrogen-bond acceptors (Lipinski definition) is 5. The summed E-state index contributed by atoms with van der Waals surface area (Å²) >= 11 is 3.63. The van der Waals surface area contributed by atoms with Crippen molar-refractivity contribution in [2.24, 2.45) is 5.92 Å². The molecule has 186 valence electrons. The van der Waals surface area contributed by atoms with Crippen molar-refractivity contribution in [3.8, 4) is 0 Å². The molecule has 0 saturated heterocycles. The van der Waals surface area contributed by atoms with Gasteiger partial charge in [-0.2, -0.15) is 0 Å². The van der Waals surface area contributed by atoms with Gasteiger partial charge in [-0.3, -0.25) is 9.59 Å². The Labute approximate surface area is 225 Å². The second-order valence-electron chi connectivity index (χ2n) is 8.87. The number of benzene rings is 2. The second-order valence-corrected chi connectivity index (χ2v) is 11.1. The Morgan fingerprint density at radius 1 is 1.06 bits per heavy atom. The molecule has 0 bridgehead atoms. The lowest BCUT2D eigenvalue weighted by Gasteiger charge is -2.22. The summed E-state index contributed by atoms with van der Waals surface area (Å²) in [6.45, 7) is 10.9. The summed E-state index contributed by atoms with van der Waals surface area (Å²) in [4.78, 5) is 25.5. The maximum absolute atomic E-state index is 12.8. The van der Waals surface area contributed by atoms with Crippen LogP contribution in [-0.4, -0.2) is 32.3 Å². The summed E-state index contributed by atoms with van der Waals surface area (Å²) < 4.78 is 3.11. The summed E-state index contributed by atoms with van der Waals surface area (Å²) in [5.41, 5.74) is 2.55. The van der Waals surface area contributed by atoms with E-state index in [1.807, 2.05) is 55.7 Å². The minimum atomic E-state index is -0.307. The van der Waals surface area contributed by atoms with Gasteiger partial charge in [0.05, 0.1) is 11.8 Å². The van der Waals surface area contributed by atoms with Gasteiger partial charge in [0, 0.05) is 21.4 Å². The average molecular weight is 606 g/mol. The maximum Gasteiger partial charge on any atom is 0.251 e. The molecule has 0 aliphatic heterocycles. The first-order valence-electron chi connectivity index (χ1n) is 11.7. The van der Waals surface area contributed by atoms with Crippen molar-refractivity contribution in [2.75, 3.05) is 11.1 Å².